The highest BCUT2D eigenvalue weighted by Crippen LogP contribution is 2.11. The zero-order valence-corrected chi connectivity index (χ0v) is 13.7. The summed E-state index contributed by atoms with van der Waals surface area (Å²) in [6.45, 7) is 6.78. The number of hydrogen-bond acceptors (Lipinski definition) is 4. The molecule has 1 unspecified atom stereocenters. The van der Waals surface area contributed by atoms with Crippen molar-refractivity contribution in [3.05, 3.63) is 27.6 Å². The monoisotopic (exact) mass is 335 g/mol. The van der Waals surface area contributed by atoms with E-state index in [0.29, 0.717) is 0 Å². The van der Waals surface area contributed by atoms with E-state index in [4.69, 9.17) is 11.6 Å². The summed E-state index contributed by atoms with van der Waals surface area (Å²) in [7, 11) is -3.96. The lowest BCUT2D eigenvalue weighted by atomic mass is 10.1. The Hall–Kier alpha value is -1.38. The number of halogens is 1. The van der Waals surface area contributed by atoms with E-state index in [0.717, 1.165) is 12.3 Å². The number of pyridine rings is 1. The van der Waals surface area contributed by atoms with Gasteiger partial charge in [0.25, 0.3) is 5.56 Å². The molecule has 1 rings (SSSR count). The Morgan fingerprint density at radius 3 is 2.43 bits per heavy atom. The first-order valence-electron chi connectivity index (χ1n) is 6.15. The van der Waals surface area contributed by atoms with Crippen LogP contribution in [-0.2, 0) is 14.8 Å². The highest BCUT2D eigenvalue weighted by atomic mass is 35.5. The molecule has 0 saturated heterocycles. The van der Waals surface area contributed by atoms with Gasteiger partial charge in [-0.3, -0.25) is 9.59 Å². The van der Waals surface area contributed by atoms with Gasteiger partial charge in [0.1, 0.15) is 5.02 Å². The minimum atomic E-state index is -3.96. The van der Waals surface area contributed by atoms with E-state index in [1.165, 1.54) is 6.92 Å². The van der Waals surface area contributed by atoms with Crippen molar-refractivity contribution < 1.29 is 13.2 Å². The maximum Gasteiger partial charge on any atom is 0.266 e. The molecule has 0 aliphatic carbocycles. The van der Waals surface area contributed by atoms with Gasteiger partial charge < -0.3 is 10.3 Å². The normalized spacial score (nSPS) is 13.8. The van der Waals surface area contributed by atoms with E-state index in [1.807, 2.05) is 0 Å². The summed E-state index contributed by atoms with van der Waals surface area (Å²) in [5.74, 6) is -0.457. The summed E-state index contributed by atoms with van der Waals surface area (Å²) in [5, 5.41) is 2.42. The first-order valence-corrected chi connectivity index (χ1v) is 8.01. The Bertz CT molecular complexity index is 691. The van der Waals surface area contributed by atoms with E-state index >= 15 is 0 Å². The third-order valence-corrected chi connectivity index (χ3v) is 4.17. The number of rotatable bonds is 4. The van der Waals surface area contributed by atoms with Crippen LogP contribution in [0.15, 0.2) is 22.0 Å². The molecule has 0 fully saturated rings. The smallest absolute Gasteiger partial charge is 0.266 e. The van der Waals surface area contributed by atoms with Crippen LogP contribution in [0.1, 0.15) is 27.7 Å². The molecular formula is C12H18ClN3O4S. The van der Waals surface area contributed by atoms with Gasteiger partial charge >= 0.3 is 0 Å². The average molecular weight is 336 g/mol. The van der Waals surface area contributed by atoms with E-state index in [2.05, 4.69) is 15.0 Å². The van der Waals surface area contributed by atoms with Crippen molar-refractivity contribution in [2.24, 2.45) is 0 Å². The molecule has 0 aliphatic rings. The number of aromatic nitrogens is 1. The third-order valence-electron chi connectivity index (χ3n) is 2.37. The zero-order chi connectivity index (χ0) is 16.4. The summed E-state index contributed by atoms with van der Waals surface area (Å²) in [5.41, 5.74) is -1.06. The molecule has 0 bridgehead atoms. The van der Waals surface area contributed by atoms with Gasteiger partial charge in [0, 0.05) is 11.7 Å². The summed E-state index contributed by atoms with van der Waals surface area (Å²) in [6, 6.07) is 0.0526. The van der Waals surface area contributed by atoms with Crippen molar-refractivity contribution in [2.75, 3.05) is 0 Å². The summed E-state index contributed by atoms with van der Waals surface area (Å²) < 4.78 is 26.4. The van der Waals surface area contributed by atoms with Gasteiger partial charge in [-0.15, -0.1) is 0 Å². The lowest BCUT2D eigenvalue weighted by molar-refractivity contribution is -0.123. The lowest BCUT2D eigenvalue weighted by Crippen LogP contribution is -2.50. The minimum Gasteiger partial charge on any atom is -0.350 e. The Balaban J connectivity index is 2.92. The number of sulfonamides is 1. The van der Waals surface area contributed by atoms with Crippen LogP contribution in [0.25, 0.3) is 0 Å². The number of H-pyrrole nitrogens is 1. The molecule has 0 aromatic carbocycles. The fourth-order valence-corrected chi connectivity index (χ4v) is 2.86. The summed E-state index contributed by atoms with van der Waals surface area (Å²) in [6.07, 6.45) is 1.02. The molecule has 1 aromatic heterocycles. The molecule has 7 nitrogen and oxygen atoms in total. The standard InChI is InChI=1S/C12H18ClN3O4S/c1-7(10(17)15-12(2,3)4)16-21(19,20)8-5-9(13)11(18)14-6-8/h5-7,16H,1-4H3,(H,14,18)(H,15,17). The summed E-state index contributed by atoms with van der Waals surface area (Å²) >= 11 is 5.59. The molecule has 1 heterocycles. The van der Waals surface area contributed by atoms with E-state index in [9.17, 15) is 18.0 Å². The van der Waals surface area contributed by atoms with E-state index < -0.39 is 33.1 Å². The number of amides is 1. The fourth-order valence-electron chi connectivity index (χ4n) is 1.43. The van der Waals surface area contributed by atoms with Gasteiger partial charge in [-0.25, -0.2) is 8.42 Å². The first kappa shape index (κ1) is 17.7. The maximum absolute atomic E-state index is 12.1. The number of carbonyl (C=O) groups excluding carboxylic acids is 1. The Labute approximate surface area is 128 Å². The molecule has 9 heteroatoms. The minimum absolute atomic E-state index is 0.220. The van der Waals surface area contributed by atoms with Crippen molar-refractivity contribution >= 4 is 27.5 Å². The quantitative estimate of drug-likeness (QED) is 0.749. The molecule has 0 spiro atoms. The molecule has 0 aliphatic heterocycles. The Morgan fingerprint density at radius 2 is 1.95 bits per heavy atom. The van der Waals surface area contributed by atoms with Crippen LogP contribution in [0, 0.1) is 0 Å². The predicted octanol–water partition coefficient (Wildman–Crippen LogP) is 0.610. The molecule has 0 radical (unpaired) electrons. The predicted molar refractivity (Wildman–Crippen MR) is 79.8 cm³/mol. The summed E-state index contributed by atoms with van der Waals surface area (Å²) in [4.78, 5) is 25.0. The highest BCUT2D eigenvalue weighted by Gasteiger charge is 2.25. The molecule has 0 saturated carbocycles. The second-order valence-corrected chi connectivity index (χ2v) is 7.72. The van der Waals surface area contributed by atoms with Crippen molar-refractivity contribution in [3.63, 3.8) is 0 Å². The molecule has 1 amide bonds. The SMILES string of the molecule is CC(NS(=O)(=O)c1c[nH]c(=O)c(Cl)c1)C(=O)NC(C)(C)C. The van der Waals surface area contributed by atoms with Crippen molar-refractivity contribution in [1.82, 2.24) is 15.0 Å². The van der Waals surface area contributed by atoms with E-state index in [-0.39, 0.29) is 9.92 Å². The topological polar surface area (TPSA) is 108 Å². The van der Waals surface area contributed by atoms with Gasteiger partial charge in [0.05, 0.1) is 10.9 Å². The Kier molecular flexibility index (Phi) is 5.19. The highest BCUT2D eigenvalue weighted by molar-refractivity contribution is 7.89. The van der Waals surface area contributed by atoms with Gasteiger partial charge in [-0.1, -0.05) is 11.6 Å². The number of carbonyl (C=O) groups is 1. The van der Waals surface area contributed by atoms with Gasteiger partial charge in [-0.2, -0.15) is 4.72 Å². The number of hydrogen-bond donors (Lipinski definition) is 3. The maximum atomic E-state index is 12.1. The molecular weight excluding hydrogens is 318 g/mol. The van der Waals surface area contributed by atoms with Gasteiger partial charge in [-0.05, 0) is 33.8 Å². The second kappa shape index (κ2) is 6.17. The van der Waals surface area contributed by atoms with Gasteiger partial charge in [0.2, 0.25) is 15.9 Å². The van der Waals surface area contributed by atoms with E-state index in [1.54, 1.807) is 20.8 Å². The molecule has 21 heavy (non-hydrogen) atoms. The molecule has 3 N–H and O–H groups in total. The average Bonchev–Trinajstić information content (AvgIpc) is 2.29. The van der Waals surface area contributed by atoms with Crippen LogP contribution >= 0.6 is 11.6 Å². The van der Waals surface area contributed by atoms with Crippen LogP contribution < -0.4 is 15.6 Å². The van der Waals surface area contributed by atoms with Crippen LogP contribution in [0.3, 0.4) is 0 Å². The zero-order valence-electron chi connectivity index (χ0n) is 12.2. The van der Waals surface area contributed by atoms with Crippen LogP contribution in [0.2, 0.25) is 5.02 Å². The number of nitrogens with one attached hydrogen (secondary N) is 3. The largest absolute Gasteiger partial charge is 0.350 e. The van der Waals surface area contributed by atoms with Crippen LogP contribution in [-0.4, -0.2) is 30.9 Å². The Morgan fingerprint density at radius 1 is 1.38 bits per heavy atom. The third kappa shape index (κ3) is 5.14. The second-order valence-electron chi connectivity index (χ2n) is 5.59. The molecule has 118 valence electrons. The van der Waals surface area contributed by atoms with Crippen LogP contribution in [0.4, 0.5) is 0 Å². The lowest BCUT2D eigenvalue weighted by Gasteiger charge is -2.23. The van der Waals surface area contributed by atoms with Gasteiger partial charge in [0.15, 0.2) is 0 Å². The van der Waals surface area contributed by atoms with Crippen LogP contribution in [0.5, 0.6) is 0 Å². The van der Waals surface area contributed by atoms with Crippen molar-refractivity contribution in [3.8, 4) is 0 Å². The molecule has 1 atom stereocenters. The fraction of sp³-hybridized carbons (Fsp3) is 0.500. The first-order chi connectivity index (χ1) is 9.42. The molecule has 1 aromatic rings. The van der Waals surface area contributed by atoms with Crippen molar-refractivity contribution in [2.45, 2.75) is 44.2 Å². The number of aromatic amines is 1. The van der Waals surface area contributed by atoms with Crippen molar-refractivity contribution in [1.29, 1.82) is 0 Å².